The summed E-state index contributed by atoms with van der Waals surface area (Å²) in [4.78, 5) is 26.7. The minimum Gasteiger partial charge on any atom is -0.503 e. The fourth-order valence-electron chi connectivity index (χ4n) is 2.87. The van der Waals surface area contributed by atoms with E-state index in [1.165, 1.54) is 12.0 Å². The molecule has 2 N–H and O–H groups in total. The van der Waals surface area contributed by atoms with Crippen LogP contribution in [0.15, 0.2) is 27.9 Å². The molecule has 1 heterocycles. The minimum atomic E-state index is -0.720. The maximum absolute atomic E-state index is 12.7. The number of methoxy groups -OCH3 is 1. The number of nitrogens with one attached hydrogen (secondary N) is 1. The molecule has 7 nitrogen and oxygen atoms in total. The van der Waals surface area contributed by atoms with Crippen molar-refractivity contribution in [3.8, 4) is 11.5 Å². The highest BCUT2D eigenvalue weighted by Crippen LogP contribution is 2.40. The van der Waals surface area contributed by atoms with E-state index in [1.54, 1.807) is 32.9 Å². The molecule has 1 aliphatic heterocycles. The molecule has 26 heavy (non-hydrogen) atoms. The molecule has 0 radical (unpaired) electrons. The third kappa shape index (κ3) is 3.80. The summed E-state index contributed by atoms with van der Waals surface area (Å²) in [6.07, 6.45) is -0.294. The highest BCUT2D eigenvalue weighted by atomic mass is 79.9. The second-order valence-electron chi connectivity index (χ2n) is 6.13. The first kappa shape index (κ1) is 20.1. The summed E-state index contributed by atoms with van der Waals surface area (Å²) in [7, 11) is 1.43. The van der Waals surface area contributed by atoms with Gasteiger partial charge in [-0.1, -0.05) is 0 Å². The van der Waals surface area contributed by atoms with E-state index in [4.69, 9.17) is 9.47 Å². The molecular weight excluding hydrogens is 404 g/mol. The Hall–Kier alpha value is -2.22. The predicted molar refractivity (Wildman–Crippen MR) is 99.9 cm³/mol. The van der Waals surface area contributed by atoms with Crippen molar-refractivity contribution in [3.05, 3.63) is 33.4 Å². The lowest BCUT2D eigenvalue weighted by Crippen LogP contribution is -2.48. The quantitative estimate of drug-likeness (QED) is 0.703. The molecule has 1 aliphatic rings. The van der Waals surface area contributed by atoms with Crippen molar-refractivity contribution in [2.45, 2.75) is 39.8 Å². The van der Waals surface area contributed by atoms with Crippen LogP contribution in [-0.4, -0.2) is 41.8 Å². The third-order valence-electron chi connectivity index (χ3n) is 4.08. The second-order valence-corrected chi connectivity index (χ2v) is 6.99. The van der Waals surface area contributed by atoms with E-state index in [9.17, 15) is 14.7 Å². The van der Waals surface area contributed by atoms with Gasteiger partial charge in [-0.3, -0.25) is 4.90 Å². The van der Waals surface area contributed by atoms with Gasteiger partial charge in [0.1, 0.15) is 0 Å². The summed E-state index contributed by atoms with van der Waals surface area (Å²) in [6.45, 7) is 7.50. The highest BCUT2D eigenvalue weighted by Gasteiger charge is 2.36. The zero-order valence-corrected chi connectivity index (χ0v) is 17.0. The van der Waals surface area contributed by atoms with Crippen LogP contribution in [0.25, 0.3) is 0 Å². The number of hydrogen-bond donors (Lipinski definition) is 2. The second kappa shape index (κ2) is 7.99. The molecule has 1 aromatic carbocycles. The van der Waals surface area contributed by atoms with E-state index >= 15 is 0 Å². The van der Waals surface area contributed by atoms with Crippen molar-refractivity contribution in [3.63, 3.8) is 0 Å². The molecule has 142 valence electrons. The summed E-state index contributed by atoms with van der Waals surface area (Å²) in [5.74, 6) is -0.319. The van der Waals surface area contributed by atoms with Gasteiger partial charge < -0.3 is 19.9 Å². The number of carbonyl (C=O) groups is 2. The lowest BCUT2D eigenvalue weighted by Gasteiger charge is -2.35. The average Bonchev–Trinajstić information content (AvgIpc) is 2.56. The number of aromatic hydroxyl groups is 1. The maximum Gasteiger partial charge on any atom is 0.338 e. The first-order chi connectivity index (χ1) is 12.2. The molecule has 0 bridgehead atoms. The minimum absolute atomic E-state index is 0.0550. The lowest BCUT2D eigenvalue weighted by molar-refractivity contribution is -0.143. The normalized spacial score (nSPS) is 17.4. The van der Waals surface area contributed by atoms with Crippen LogP contribution in [0.2, 0.25) is 0 Å². The van der Waals surface area contributed by atoms with Crippen LogP contribution >= 0.6 is 15.9 Å². The van der Waals surface area contributed by atoms with Crippen LogP contribution in [0.1, 0.15) is 39.3 Å². The number of allylic oxidation sites excluding steroid dienone is 1. The summed E-state index contributed by atoms with van der Waals surface area (Å²) in [5.41, 5.74) is 1.47. The van der Waals surface area contributed by atoms with E-state index in [2.05, 4.69) is 21.2 Å². The topological polar surface area (TPSA) is 88.1 Å². The molecule has 2 amide bonds. The number of ether oxygens (including phenoxy) is 2. The van der Waals surface area contributed by atoms with Crippen LogP contribution in [0.4, 0.5) is 4.79 Å². The number of hydrogen-bond acceptors (Lipinski definition) is 5. The van der Waals surface area contributed by atoms with Gasteiger partial charge in [0.15, 0.2) is 11.5 Å². The van der Waals surface area contributed by atoms with Crippen LogP contribution in [-0.2, 0) is 9.53 Å². The van der Waals surface area contributed by atoms with E-state index < -0.39 is 12.0 Å². The van der Waals surface area contributed by atoms with Gasteiger partial charge in [0.05, 0.1) is 29.3 Å². The number of phenolic OH excluding ortho intramolecular Hbond substituents is 1. The molecule has 8 heteroatoms. The lowest BCUT2D eigenvalue weighted by atomic mass is 9.94. The monoisotopic (exact) mass is 426 g/mol. The number of benzene rings is 1. The van der Waals surface area contributed by atoms with Crippen LogP contribution < -0.4 is 10.1 Å². The highest BCUT2D eigenvalue weighted by molar-refractivity contribution is 9.10. The van der Waals surface area contributed by atoms with Crippen molar-refractivity contribution in [2.75, 3.05) is 13.7 Å². The summed E-state index contributed by atoms with van der Waals surface area (Å²) >= 11 is 3.27. The predicted octanol–water partition coefficient (Wildman–Crippen LogP) is 3.48. The Morgan fingerprint density at radius 2 is 2.08 bits per heavy atom. The zero-order chi connectivity index (χ0) is 19.6. The fraction of sp³-hybridized carbons (Fsp3) is 0.444. The van der Waals surface area contributed by atoms with E-state index in [0.29, 0.717) is 27.9 Å². The number of halogens is 1. The Bertz CT molecular complexity index is 760. The van der Waals surface area contributed by atoms with Crippen molar-refractivity contribution in [1.82, 2.24) is 10.2 Å². The van der Waals surface area contributed by atoms with E-state index in [1.807, 2.05) is 6.92 Å². The number of rotatable bonds is 5. The number of carbonyl (C=O) groups excluding carboxylic acids is 2. The Labute approximate surface area is 161 Å². The summed E-state index contributed by atoms with van der Waals surface area (Å²) in [6, 6.07) is 2.20. The van der Waals surface area contributed by atoms with Gasteiger partial charge >= 0.3 is 12.0 Å². The number of esters is 1. The van der Waals surface area contributed by atoms with Gasteiger partial charge in [0.2, 0.25) is 0 Å². The third-order valence-corrected chi connectivity index (χ3v) is 4.68. The first-order valence-corrected chi connectivity index (χ1v) is 9.06. The Morgan fingerprint density at radius 1 is 1.42 bits per heavy atom. The molecule has 0 aliphatic carbocycles. The van der Waals surface area contributed by atoms with Gasteiger partial charge in [0, 0.05) is 12.2 Å². The van der Waals surface area contributed by atoms with Gasteiger partial charge in [-0.2, -0.15) is 0 Å². The molecule has 0 aromatic heterocycles. The fourth-order valence-corrected chi connectivity index (χ4v) is 3.33. The van der Waals surface area contributed by atoms with Crippen LogP contribution in [0, 0.1) is 0 Å². The molecule has 1 unspecified atom stereocenters. The number of nitrogens with zero attached hydrogens (tertiary/aromatic N) is 1. The van der Waals surface area contributed by atoms with Crippen molar-refractivity contribution in [1.29, 1.82) is 0 Å². The molecule has 0 spiro atoms. The molecule has 0 saturated heterocycles. The standard InChI is InChI=1S/C18H23BrN2O5/c1-6-21-10(4)14(17(23)26-9(2)3)15(20-18(21)24)11-7-12(19)16(22)13(8-11)25-5/h7-9,15,22H,6H2,1-5H3,(H,20,24). The zero-order valence-electron chi connectivity index (χ0n) is 15.4. The first-order valence-electron chi connectivity index (χ1n) is 8.27. The maximum atomic E-state index is 12.7. The van der Waals surface area contributed by atoms with Gasteiger partial charge in [-0.15, -0.1) is 0 Å². The summed E-state index contributed by atoms with van der Waals surface area (Å²) < 4.78 is 11.0. The number of urea groups is 1. The van der Waals surface area contributed by atoms with Gasteiger partial charge in [0.25, 0.3) is 0 Å². The molecule has 0 fully saturated rings. The van der Waals surface area contributed by atoms with Crippen LogP contribution in [0.3, 0.4) is 0 Å². The molecule has 1 aromatic rings. The Balaban J connectivity index is 2.61. The number of amides is 2. The Morgan fingerprint density at radius 3 is 2.62 bits per heavy atom. The molecule has 0 saturated carbocycles. The average molecular weight is 427 g/mol. The van der Waals surface area contributed by atoms with Crippen LogP contribution in [0.5, 0.6) is 11.5 Å². The van der Waals surface area contributed by atoms with Crippen molar-refractivity contribution >= 4 is 27.9 Å². The van der Waals surface area contributed by atoms with Gasteiger partial charge in [-0.25, -0.2) is 9.59 Å². The van der Waals surface area contributed by atoms with Gasteiger partial charge in [-0.05, 0) is 61.3 Å². The summed E-state index contributed by atoms with van der Waals surface area (Å²) in [5, 5.41) is 12.9. The molecular formula is C18H23BrN2O5. The Kier molecular flexibility index (Phi) is 6.17. The molecule has 2 rings (SSSR count). The van der Waals surface area contributed by atoms with E-state index in [0.717, 1.165) is 0 Å². The smallest absolute Gasteiger partial charge is 0.338 e. The number of phenols is 1. The molecule has 1 atom stereocenters. The van der Waals surface area contributed by atoms with E-state index in [-0.39, 0.29) is 23.6 Å². The largest absolute Gasteiger partial charge is 0.503 e. The SMILES string of the molecule is CCN1C(=O)NC(c2cc(Br)c(O)c(OC)c2)C(C(=O)OC(C)C)=C1C. The van der Waals surface area contributed by atoms with Crippen molar-refractivity contribution in [2.24, 2.45) is 0 Å². The van der Waals surface area contributed by atoms with Crippen molar-refractivity contribution < 1.29 is 24.2 Å².